The van der Waals surface area contributed by atoms with Gasteiger partial charge in [-0.15, -0.1) is 0 Å². The van der Waals surface area contributed by atoms with Gasteiger partial charge in [-0.25, -0.2) is 0 Å². The predicted molar refractivity (Wildman–Crippen MR) is 66.9 cm³/mol. The van der Waals surface area contributed by atoms with Gasteiger partial charge in [-0.3, -0.25) is 0 Å². The standard InChI is InChI=1S/Cr.4HI.3H2O/h;4*1H;3*1H2/q+4;;;;;;;/p-4. The molecule has 0 bridgehead atoms. The number of rotatable bonds is 0. The van der Waals surface area contributed by atoms with Crippen molar-refractivity contribution in [2.75, 3.05) is 0 Å². The van der Waals surface area contributed by atoms with E-state index in [9.17, 15) is 0 Å². The van der Waals surface area contributed by atoms with Gasteiger partial charge >= 0.3 is 81.0 Å². The molecule has 0 unspecified atom stereocenters. The third kappa shape index (κ3) is 58.3. The molecular weight excluding hydrogens is 608 g/mol. The van der Waals surface area contributed by atoms with Crippen LogP contribution in [0.4, 0.5) is 0 Å². The van der Waals surface area contributed by atoms with Crippen LogP contribution in [-0.2, 0) is -0.0525 Å². The molecular formula is H6CrI4O3. The normalized spacial score (nSPS) is 9.50. The van der Waals surface area contributed by atoms with Crippen LogP contribution in [0.3, 0.4) is 0 Å². The molecule has 0 aliphatic heterocycles. The SMILES string of the molecule is O.O.O.[I][Cr]([I])([I])[I]. The van der Waals surface area contributed by atoms with Crippen molar-refractivity contribution in [3.8, 4) is 0 Å². The number of hydrogen-bond acceptors (Lipinski definition) is 0. The van der Waals surface area contributed by atoms with Gasteiger partial charge in [0, 0.05) is 0 Å². The number of halogens is 4. The Morgan fingerprint density at radius 2 is 0.625 bits per heavy atom. The summed E-state index contributed by atoms with van der Waals surface area (Å²) >= 11 is 9.98. The van der Waals surface area contributed by atoms with Crippen molar-refractivity contribution < 1.29 is 16.4 Å². The van der Waals surface area contributed by atoms with Crippen LogP contribution in [0, 0.1) is 0 Å². The van der Waals surface area contributed by atoms with E-state index in [0.717, 1.165) is 0 Å². The van der Waals surface area contributed by atoms with E-state index < -0.39 is -0.0525 Å². The van der Waals surface area contributed by atoms with Gasteiger partial charge in [0.1, 0.15) is 0 Å². The van der Waals surface area contributed by atoms with E-state index in [1.54, 1.807) is 0 Å². The molecule has 3 nitrogen and oxygen atoms in total. The van der Waals surface area contributed by atoms with E-state index >= 15 is 0 Å². The van der Waals surface area contributed by atoms with Crippen molar-refractivity contribution in [3.63, 3.8) is 0 Å². The fraction of sp³-hybridized carbons (Fsp3) is 0. The first-order chi connectivity index (χ1) is 2.00. The zero-order valence-electron chi connectivity index (χ0n) is 3.42. The van der Waals surface area contributed by atoms with Crippen LogP contribution in [0.2, 0.25) is 0 Å². The second-order valence-electron chi connectivity index (χ2n) is 0.350. The van der Waals surface area contributed by atoms with Crippen LogP contribution >= 0.6 is 81.1 Å². The third-order valence-electron chi connectivity index (χ3n) is 0. The summed E-state index contributed by atoms with van der Waals surface area (Å²) < 4.78 is -0.870. The summed E-state index contributed by atoms with van der Waals surface area (Å²) in [5.74, 6) is 0. The van der Waals surface area contributed by atoms with Crippen molar-refractivity contribution in [1.82, 2.24) is 0 Å². The van der Waals surface area contributed by atoms with Crippen LogP contribution in [0.1, 0.15) is 0 Å². The van der Waals surface area contributed by atoms with Crippen molar-refractivity contribution in [2.45, 2.75) is 0 Å². The van der Waals surface area contributed by atoms with Crippen molar-refractivity contribution in [2.24, 2.45) is 0 Å². The summed E-state index contributed by atoms with van der Waals surface area (Å²) in [6.07, 6.45) is 0. The maximum atomic E-state index is 2.49. The van der Waals surface area contributed by atoms with Gasteiger partial charge in [0.2, 0.25) is 0 Å². The molecule has 0 radical (unpaired) electrons. The fourth-order valence-electron chi connectivity index (χ4n) is 0. The van der Waals surface area contributed by atoms with Crippen LogP contribution in [-0.4, -0.2) is 16.4 Å². The first-order valence-corrected chi connectivity index (χ1v) is 17.1. The monoisotopic (exact) mass is 614 g/mol. The molecule has 0 aliphatic carbocycles. The van der Waals surface area contributed by atoms with E-state index in [1.165, 1.54) is 0 Å². The molecule has 0 fully saturated rings. The average molecular weight is 614 g/mol. The minimum atomic E-state index is -0.870. The Morgan fingerprint density at radius 1 is 0.625 bits per heavy atom. The molecule has 0 spiro atoms. The molecule has 0 aromatic heterocycles. The van der Waals surface area contributed by atoms with Crippen molar-refractivity contribution in [1.29, 1.82) is 0 Å². The molecule has 0 aromatic rings. The maximum absolute atomic E-state index is 2.49. The van der Waals surface area contributed by atoms with Crippen LogP contribution in [0.15, 0.2) is 0 Å². The van der Waals surface area contributed by atoms with E-state index in [4.69, 9.17) is 0 Å². The quantitative estimate of drug-likeness (QED) is 0.366. The number of hydrogen-bond donors (Lipinski definition) is 0. The van der Waals surface area contributed by atoms with Gasteiger partial charge in [0.25, 0.3) is 0 Å². The van der Waals surface area contributed by atoms with Crippen molar-refractivity contribution >= 4 is 81.1 Å². The molecule has 6 N–H and O–H groups in total. The Bertz CT molecular complexity index is 26.8. The molecule has 0 aliphatic rings. The molecule has 0 rings (SSSR count). The van der Waals surface area contributed by atoms with Gasteiger partial charge in [0.05, 0.1) is 0 Å². The van der Waals surface area contributed by atoms with Crippen LogP contribution < -0.4 is 0 Å². The van der Waals surface area contributed by atoms with Gasteiger partial charge in [-0.1, -0.05) is 0 Å². The van der Waals surface area contributed by atoms with Gasteiger partial charge in [-0.05, 0) is 0 Å². The first kappa shape index (κ1) is 22.5. The van der Waals surface area contributed by atoms with Crippen molar-refractivity contribution in [3.05, 3.63) is 0 Å². The predicted octanol–water partition coefficient (Wildman–Crippen LogP) is 1.07. The molecule has 0 heterocycles. The average Bonchev–Trinajstić information content (AvgIpc) is 0.722. The molecule has 0 atom stereocenters. The third-order valence-corrected chi connectivity index (χ3v) is 0. The van der Waals surface area contributed by atoms with E-state index in [0.29, 0.717) is 0 Å². The second-order valence-corrected chi connectivity index (χ2v) is 64.9. The molecule has 0 amide bonds. The molecule has 8 heteroatoms. The zero-order valence-corrected chi connectivity index (χ0v) is 13.3. The minimum absolute atomic E-state index is 0. The fourth-order valence-corrected chi connectivity index (χ4v) is 0. The summed E-state index contributed by atoms with van der Waals surface area (Å²) in [4.78, 5) is 0. The zero-order chi connectivity index (χ0) is 4.50. The summed E-state index contributed by atoms with van der Waals surface area (Å²) in [6, 6.07) is 0. The van der Waals surface area contributed by atoms with Gasteiger partial charge < -0.3 is 16.4 Å². The van der Waals surface area contributed by atoms with E-state index in [1.807, 2.05) is 0 Å². The van der Waals surface area contributed by atoms with Gasteiger partial charge in [-0.2, -0.15) is 0 Å². The Balaban J connectivity index is -0.0000000267. The van der Waals surface area contributed by atoms with Gasteiger partial charge in [0.15, 0.2) is 0 Å². The van der Waals surface area contributed by atoms with E-state index in [-0.39, 0.29) is 16.4 Å². The summed E-state index contributed by atoms with van der Waals surface area (Å²) in [6.45, 7) is 0. The first-order valence-electron chi connectivity index (χ1n) is 0.617. The molecule has 0 saturated carbocycles. The topological polar surface area (TPSA) is 94.5 Å². The van der Waals surface area contributed by atoms with Crippen LogP contribution in [0.5, 0.6) is 0 Å². The van der Waals surface area contributed by atoms with Crippen LogP contribution in [0.25, 0.3) is 0 Å². The molecule has 0 saturated heterocycles. The molecule has 8 heavy (non-hydrogen) atoms. The molecule has 0 aromatic carbocycles. The summed E-state index contributed by atoms with van der Waals surface area (Å²) in [7, 11) is 0. The Labute approximate surface area is 95.0 Å². The van der Waals surface area contributed by atoms with E-state index in [2.05, 4.69) is 81.1 Å². The Morgan fingerprint density at radius 3 is 0.625 bits per heavy atom. The Hall–Kier alpha value is 3.33. The summed E-state index contributed by atoms with van der Waals surface area (Å²) in [5, 5.41) is 0. The Kier molecular flexibility index (Phi) is 29.1. The summed E-state index contributed by atoms with van der Waals surface area (Å²) in [5.41, 5.74) is 0. The second kappa shape index (κ2) is 10.3. The molecule has 58 valence electrons.